The third kappa shape index (κ3) is 4.48. The molecule has 206 valence electrons. The van der Waals surface area contributed by atoms with Crippen molar-refractivity contribution in [2.24, 2.45) is 23.7 Å². The molecule has 4 atom stereocenters. The minimum atomic E-state index is -0.834. The van der Waals surface area contributed by atoms with Gasteiger partial charge in [-0.25, -0.2) is 9.80 Å². The van der Waals surface area contributed by atoms with Gasteiger partial charge in [0.1, 0.15) is 12.3 Å². The fourth-order valence-electron chi connectivity index (χ4n) is 5.72. The van der Waals surface area contributed by atoms with Crippen molar-refractivity contribution in [3.63, 3.8) is 0 Å². The maximum atomic E-state index is 13.6. The Morgan fingerprint density at radius 3 is 2.10 bits per heavy atom. The number of benzene rings is 2. The Kier molecular flexibility index (Phi) is 6.29. The second-order valence-electron chi connectivity index (χ2n) is 9.97. The van der Waals surface area contributed by atoms with Crippen molar-refractivity contribution in [2.45, 2.75) is 6.42 Å². The number of ketones is 1. The number of carbonyl (C=O) groups is 5. The van der Waals surface area contributed by atoms with Gasteiger partial charge in [-0.2, -0.15) is 5.01 Å². The number of fused-ring (bicyclic) bond motifs is 5. The number of hydrazine groups is 1. The first-order valence-electron chi connectivity index (χ1n) is 12.7. The van der Waals surface area contributed by atoms with E-state index >= 15 is 0 Å². The lowest BCUT2D eigenvalue weighted by atomic mass is 9.85. The lowest BCUT2D eigenvalue weighted by Crippen LogP contribution is -2.52. The number of furan rings is 1. The van der Waals surface area contributed by atoms with Crippen LogP contribution < -0.4 is 4.74 Å². The largest absolute Gasteiger partial charge is 0.457 e. The predicted octanol–water partition coefficient (Wildman–Crippen LogP) is 3.45. The maximum Gasteiger partial charge on any atom is 0.379 e. The van der Waals surface area contributed by atoms with E-state index in [1.165, 1.54) is 54.8 Å². The molecule has 0 spiro atoms. The normalized spacial score (nSPS) is 22.1. The average Bonchev–Trinajstić information content (AvgIpc) is 3.78. The maximum absolute atomic E-state index is 13.6. The van der Waals surface area contributed by atoms with Crippen LogP contribution in [0.15, 0.2) is 83.5 Å². The first kappa shape index (κ1) is 25.9. The van der Waals surface area contributed by atoms with E-state index in [1.54, 1.807) is 0 Å². The number of carbonyl (C=O) groups excluding carboxylic acids is 5. The van der Waals surface area contributed by atoms with Crippen molar-refractivity contribution in [1.82, 2.24) is 10.0 Å². The van der Waals surface area contributed by atoms with Gasteiger partial charge in [0.15, 0.2) is 5.78 Å². The zero-order valence-electron chi connectivity index (χ0n) is 21.2. The Balaban J connectivity index is 1.26. The molecular formula is C29H21N3O9. The molecule has 0 N–H and O–H groups in total. The first-order chi connectivity index (χ1) is 19.7. The van der Waals surface area contributed by atoms with Crippen LogP contribution >= 0.6 is 0 Å². The monoisotopic (exact) mass is 555 g/mol. The zero-order chi connectivity index (χ0) is 28.8. The van der Waals surface area contributed by atoms with Gasteiger partial charge in [0, 0.05) is 23.3 Å². The van der Waals surface area contributed by atoms with Gasteiger partial charge in [-0.05, 0) is 66.8 Å². The van der Waals surface area contributed by atoms with E-state index in [9.17, 15) is 34.1 Å². The van der Waals surface area contributed by atoms with E-state index < -0.39 is 52.8 Å². The van der Waals surface area contributed by atoms with Gasteiger partial charge in [-0.15, -0.1) is 0 Å². The van der Waals surface area contributed by atoms with Gasteiger partial charge in [0.2, 0.25) is 5.76 Å². The van der Waals surface area contributed by atoms with E-state index in [0.717, 1.165) is 22.2 Å². The number of nitrogens with zero attached hydrogens (tertiary/aromatic N) is 3. The summed E-state index contributed by atoms with van der Waals surface area (Å²) < 4.78 is 10.2. The molecule has 12 heteroatoms. The van der Waals surface area contributed by atoms with Crippen molar-refractivity contribution in [2.75, 3.05) is 6.54 Å². The molecule has 1 saturated carbocycles. The zero-order valence-corrected chi connectivity index (χ0v) is 21.2. The van der Waals surface area contributed by atoms with Crippen molar-refractivity contribution >= 4 is 35.2 Å². The van der Waals surface area contributed by atoms with Crippen LogP contribution in [-0.2, 0) is 9.59 Å². The van der Waals surface area contributed by atoms with Crippen LogP contribution in [0.3, 0.4) is 0 Å². The second-order valence-corrected chi connectivity index (χ2v) is 9.97. The number of Topliss-reactive ketones (excluding diaryl/α,β-unsaturated/α-hetero) is 1. The van der Waals surface area contributed by atoms with Crippen LogP contribution in [0, 0.1) is 33.8 Å². The topological polar surface area (TPSA) is 157 Å². The summed E-state index contributed by atoms with van der Waals surface area (Å²) in [7, 11) is 0. The molecular weight excluding hydrogens is 534 g/mol. The van der Waals surface area contributed by atoms with Crippen molar-refractivity contribution in [3.8, 4) is 5.75 Å². The highest BCUT2D eigenvalue weighted by molar-refractivity contribution is 6.10. The number of nitro groups is 1. The molecule has 0 radical (unpaired) electrons. The van der Waals surface area contributed by atoms with Crippen molar-refractivity contribution in [1.29, 1.82) is 0 Å². The number of non-ortho nitro benzene ring substituents is 1. The summed E-state index contributed by atoms with van der Waals surface area (Å²) in [6.45, 7) is -0.652. The summed E-state index contributed by atoms with van der Waals surface area (Å²) in [6.07, 6.45) is 5.84. The van der Waals surface area contributed by atoms with E-state index in [-0.39, 0.29) is 40.2 Å². The fraction of sp³-hybridized carbons (Fsp3) is 0.207. The van der Waals surface area contributed by atoms with E-state index in [0.29, 0.717) is 6.42 Å². The van der Waals surface area contributed by atoms with Gasteiger partial charge < -0.3 is 9.15 Å². The number of esters is 1. The number of allylic oxidation sites excluding steroid dienone is 2. The van der Waals surface area contributed by atoms with Gasteiger partial charge in [-0.1, -0.05) is 12.2 Å². The number of hydrogen-bond donors (Lipinski definition) is 0. The molecule has 6 rings (SSSR count). The molecule has 2 aromatic carbocycles. The van der Waals surface area contributed by atoms with Crippen LogP contribution in [0.2, 0.25) is 0 Å². The highest BCUT2D eigenvalue weighted by Crippen LogP contribution is 2.52. The highest BCUT2D eigenvalue weighted by Gasteiger charge is 2.61. The SMILES string of the molecule is O=C(CN(C(=O)c1ccc([N+](=O)[O-])cc1)N1C(=O)[C@@H]2[C@H](C1=O)[C@@H]1C=C[C@H]2C1)c1ccc(OC(=O)c2ccco2)cc1. The van der Waals surface area contributed by atoms with Gasteiger partial charge in [0.05, 0.1) is 23.0 Å². The molecule has 1 saturated heterocycles. The van der Waals surface area contributed by atoms with Crippen LogP contribution in [0.4, 0.5) is 5.69 Å². The number of ether oxygens (including phenoxy) is 1. The van der Waals surface area contributed by atoms with E-state index in [2.05, 4.69) is 0 Å². The molecule has 2 aliphatic carbocycles. The summed E-state index contributed by atoms with van der Waals surface area (Å²) in [5.74, 6) is -4.58. The molecule has 3 amide bonds. The lowest BCUT2D eigenvalue weighted by molar-refractivity contribution is -0.384. The molecule has 1 aliphatic heterocycles. The minimum Gasteiger partial charge on any atom is -0.457 e. The summed E-state index contributed by atoms with van der Waals surface area (Å²) in [4.78, 5) is 76.5. The molecule has 2 fully saturated rings. The van der Waals surface area contributed by atoms with Crippen LogP contribution in [0.25, 0.3) is 0 Å². The summed E-state index contributed by atoms with van der Waals surface area (Å²) in [5, 5.41) is 12.6. The Morgan fingerprint density at radius 2 is 1.54 bits per heavy atom. The van der Waals surface area contributed by atoms with Crippen LogP contribution in [-0.4, -0.2) is 51.0 Å². The molecule has 2 bridgehead atoms. The molecule has 1 aromatic heterocycles. The van der Waals surface area contributed by atoms with E-state index in [1.807, 2.05) is 12.2 Å². The van der Waals surface area contributed by atoms with E-state index in [4.69, 9.17) is 9.15 Å². The molecule has 3 aliphatic rings. The molecule has 2 heterocycles. The Morgan fingerprint density at radius 1 is 0.927 bits per heavy atom. The number of hydrogen-bond acceptors (Lipinski definition) is 9. The number of amides is 3. The van der Waals surface area contributed by atoms with Crippen molar-refractivity contribution in [3.05, 3.63) is 106 Å². The first-order valence-corrected chi connectivity index (χ1v) is 12.7. The molecule has 41 heavy (non-hydrogen) atoms. The average molecular weight is 555 g/mol. The Labute approximate surface area is 231 Å². The highest BCUT2D eigenvalue weighted by atomic mass is 16.6. The smallest absolute Gasteiger partial charge is 0.379 e. The number of rotatable bonds is 8. The third-order valence-corrected chi connectivity index (χ3v) is 7.65. The molecule has 12 nitrogen and oxygen atoms in total. The fourth-order valence-corrected chi connectivity index (χ4v) is 5.72. The summed E-state index contributed by atoms with van der Waals surface area (Å²) >= 11 is 0. The minimum absolute atomic E-state index is 0.00102. The predicted molar refractivity (Wildman–Crippen MR) is 138 cm³/mol. The number of nitro benzene ring substituents is 1. The Bertz CT molecular complexity index is 1580. The molecule has 0 unspecified atom stereocenters. The van der Waals surface area contributed by atoms with Gasteiger partial charge in [-0.3, -0.25) is 29.3 Å². The Hall–Kier alpha value is -5.39. The number of imide groups is 1. The van der Waals surface area contributed by atoms with Crippen LogP contribution in [0.1, 0.15) is 37.7 Å². The third-order valence-electron chi connectivity index (χ3n) is 7.65. The van der Waals surface area contributed by atoms with Crippen molar-refractivity contribution < 1.29 is 38.1 Å². The quantitative estimate of drug-likeness (QED) is 0.0772. The van der Waals surface area contributed by atoms with Gasteiger partial charge in [0.25, 0.3) is 23.4 Å². The lowest BCUT2D eigenvalue weighted by Gasteiger charge is -2.30. The standard InChI is InChI=1S/C29H21N3O9/c33-22(16-7-11-21(12-8-16)41-29(37)23-2-1-13-40-23)15-30(26(34)17-5-9-20(10-6-17)32(38)39)31-27(35)24-18-3-4-19(14-18)25(24)28(31)36/h1-13,18-19,24-25H,14-15H2/t18-,19+,24-,25+. The van der Waals surface area contributed by atoms with Crippen LogP contribution in [0.5, 0.6) is 5.75 Å². The molecule has 3 aromatic rings. The summed E-state index contributed by atoms with van der Waals surface area (Å²) in [6, 6.07) is 13.2. The summed E-state index contributed by atoms with van der Waals surface area (Å²) in [5.41, 5.74) is -0.157. The second kappa shape index (κ2) is 9.97. The van der Waals surface area contributed by atoms with Gasteiger partial charge >= 0.3 is 5.97 Å².